The van der Waals surface area contributed by atoms with Crippen LogP contribution in [0.3, 0.4) is 0 Å². The fourth-order valence-electron chi connectivity index (χ4n) is 4.22. The zero-order valence-electron chi connectivity index (χ0n) is 16.6. The highest BCUT2D eigenvalue weighted by Gasteiger charge is 2.24. The van der Waals surface area contributed by atoms with Crippen LogP contribution in [0.5, 0.6) is 5.75 Å². The van der Waals surface area contributed by atoms with Gasteiger partial charge in [0.15, 0.2) is 0 Å². The molecule has 0 amide bonds. The SMILES string of the molecule is Cn1cc(CN(CCc2ccc3c(c2)CCO3)[C@H]2CCNC2)c(=O)n(C)c1=O. The van der Waals surface area contributed by atoms with Gasteiger partial charge >= 0.3 is 5.69 Å². The number of ether oxygens (including phenoxy) is 1. The van der Waals surface area contributed by atoms with Gasteiger partial charge in [-0.15, -0.1) is 0 Å². The molecule has 3 heterocycles. The smallest absolute Gasteiger partial charge is 0.330 e. The lowest BCUT2D eigenvalue weighted by Gasteiger charge is -2.28. The average molecular weight is 384 g/mol. The van der Waals surface area contributed by atoms with E-state index in [2.05, 4.69) is 28.4 Å². The van der Waals surface area contributed by atoms with Crippen LogP contribution in [-0.4, -0.2) is 46.3 Å². The van der Waals surface area contributed by atoms with E-state index in [1.165, 1.54) is 20.3 Å². The van der Waals surface area contributed by atoms with E-state index < -0.39 is 0 Å². The van der Waals surface area contributed by atoms with E-state index >= 15 is 0 Å². The summed E-state index contributed by atoms with van der Waals surface area (Å²) in [6.07, 6.45) is 4.67. The minimum atomic E-state index is -0.289. The first kappa shape index (κ1) is 19.0. The zero-order valence-corrected chi connectivity index (χ0v) is 16.6. The molecule has 2 aliphatic rings. The van der Waals surface area contributed by atoms with Crippen molar-refractivity contribution < 1.29 is 4.74 Å². The lowest BCUT2D eigenvalue weighted by atomic mass is 10.1. The third-order valence-electron chi connectivity index (χ3n) is 5.88. The number of benzene rings is 1. The van der Waals surface area contributed by atoms with Crippen molar-refractivity contribution in [3.8, 4) is 5.75 Å². The normalized spacial score (nSPS) is 18.5. The van der Waals surface area contributed by atoms with Gasteiger partial charge in [0.2, 0.25) is 0 Å². The summed E-state index contributed by atoms with van der Waals surface area (Å²) in [6.45, 7) is 4.14. The number of hydrogen-bond acceptors (Lipinski definition) is 5. The van der Waals surface area contributed by atoms with Crippen LogP contribution in [0, 0.1) is 0 Å². The molecule has 2 aromatic rings. The quantitative estimate of drug-likeness (QED) is 0.782. The van der Waals surface area contributed by atoms with Gasteiger partial charge in [-0.25, -0.2) is 4.79 Å². The summed E-state index contributed by atoms with van der Waals surface area (Å²) in [5, 5.41) is 3.42. The minimum absolute atomic E-state index is 0.200. The molecule has 0 unspecified atom stereocenters. The van der Waals surface area contributed by atoms with Gasteiger partial charge < -0.3 is 14.6 Å². The highest BCUT2D eigenvalue weighted by atomic mass is 16.5. The molecule has 0 spiro atoms. The Labute approximate surface area is 164 Å². The molecule has 7 nitrogen and oxygen atoms in total. The first-order valence-corrected chi connectivity index (χ1v) is 9.98. The standard InChI is InChI=1S/C21H28N4O3/c1-23-13-17(20(26)24(2)21(23)27)14-25(18-5-8-22-12-18)9-6-15-3-4-19-16(11-15)7-10-28-19/h3-4,11,13,18,22H,5-10,12,14H2,1-2H3/t18-/m0/s1. The third kappa shape index (κ3) is 3.77. The molecule has 1 saturated heterocycles. The Morgan fingerprint density at radius 3 is 2.93 bits per heavy atom. The maximum absolute atomic E-state index is 12.6. The van der Waals surface area contributed by atoms with Crippen molar-refractivity contribution in [1.29, 1.82) is 0 Å². The number of fused-ring (bicyclic) bond motifs is 1. The largest absolute Gasteiger partial charge is 0.493 e. The first-order valence-electron chi connectivity index (χ1n) is 9.98. The van der Waals surface area contributed by atoms with E-state index in [1.807, 2.05) is 0 Å². The molecule has 7 heteroatoms. The Morgan fingerprint density at radius 2 is 2.14 bits per heavy atom. The Bertz CT molecular complexity index is 973. The fourth-order valence-corrected chi connectivity index (χ4v) is 4.22. The Morgan fingerprint density at radius 1 is 1.29 bits per heavy atom. The topological polar surface area (TPSA) is 68.5 Å². The van der Waals surface area contributed by atoms with Crippen LogP contribution in [0.4, 0.5) is 0 Å². The Hall–Kier alpha value is -2.38. The summed E-state index contributed by atoms with van der Waals surface area (Å²) >= 11 is 0. The van der Waals surface area contributed by atoms with E-state index in [0.717, 1.165) is 51.3 Å². The fraction of sp³-hybridized carbons (Fsp3) is 0.524. The molecule has 1 N–H and O–H groups in total. The molecule has 0 saturated carbocycles. The van der Waals surface area contributed by atoms with Gasteiger partial charge in [0.1, 0.15) is 5.75 Å². The van der Waals surface area contributed by atoms with Crippen LogP contribution in [0.15, 0.2) is 34.0 Å². The average Bonchev–Trinajstić information content (AvgIpc) is 3.38. The first-order chi connectivity index (χ1) is 13.5. The van der Waals surface area contributed by atoms with Gasteiger partial charge in [-0.3, -0.25) is 14.3 Å². The summed E-state index contributed by atoms with van der Waals surface area (Å²) < 4.78 is 8.28. The predicted octanol–water partition coefficient (Wildman–Crippen LogP) is 0.426. The number of nitrogens with zero attached hydrogens (tertiary/aromatic N) is 3. The van der Waals surface area contributed by atoms with E-state index in [9.17, 15) is 9.59 Å². The molecule has 4 rings (SSSR count). The van der Waals surface area contributed by atoms with Crippen LogP contribution in [0.2, 0.25) is 0 Å². The Kier molecular flexibility index (Phi) is 5.37. The lowest BCUT2D eigenvalue weighted by Crippen LogP contribution is -2.43. The second-order valence-corrected chi connectivity index (χ2v) is 7.82. The molecule has 1 atom stereocenters. The van der Waals surface area contributed by atoms with Crippen LogP contribution in [-0.2, 0) is 33.5 Å². The van der Waals surface area contributed by atoms with E-state index in [-0.39, 0.29) is 11.2 Å². The third-order valence-corrected chi connectivity index (χ3v) is 5.88. The van der Waals surface area contributed by atoms with Crippen molar-refractivity contribution in [3.63, 3.8) is 0 Å². The second kappa shape index (κ2) is 7.93. The molecular weight excluding hydrogens is 356 g/mol. The van der Waals surface area contributed by atoms with E-state index in [0.29, 0.717) is 18.2 Å². The highest BCUT2D eigenvalue weighted by Crippen LogP contribution is 2.26. The summed E-state index contributed by atoms with van der Waals surface area (Å²) in [5.74, 6) is 1.01. The predicted molar refractivity (Wildman–Crippen MR) is 108 cm³/mol. The molecule has 1 aromatic carbocycles. The maximum atomic E-state index is 12.6. The van der Waals surface area contributed by atoms with Gasteiger partial charge in [-0.05, 0) is 36.6 Å². The molecule has 0 radical (unpaired) electrons. The molecule has 28 heavy (non-hydrogen) atoms. The van der Waals surface area contributed by atoms with E-state index in [4.69, 9.17) is 4.74 Å². The van der Waals surface area contributed by atoms with Gasteiger partial charge in [-0.1, -0.05) is 12.1 Å². The van der Waals surface area contributed by atoms with Crippen molar-refractivity contribution >= 4 is 0 Å². The van der Waals surface area contributed by atoms with Crippen molar-refractivity contribution in [2.45, 2.75) is 31.8 Å². The Balaban J connectivity index is 1.53. The van der Waals surface area contributed by atoms with Gasteiger partial charge in [0, 0.05) is 58.0 Å². The van der Waals surface area contributed by atoms with Crippen LogP contribution >= 0.6 is 0 Å². The van der Waals surface area contributed by atoms with E-state index in [1.54, 1.807) is 20.3 Å². The summed E-state index contributed by atoms with van der Waals surface area (Å²) in [6, 6.07) is 6.86. The number of rotatable bonds is 6. The van der Waals surface area contributed by atoms with Gasteiger partial charge in [-0.2, -0.15) is 0 Å². The molecular formula is C21H28N4O3. The molecule has 1 aromatic heterocycles. The molecule has 150 valence electrons. The highest BCUT2D eigenvalue weighted by molar-refractivity contribution is 5.39. The number of aromatic nitrogens is 2. The van der Waals surface area contributed by atoms with Crippen molar-refractivity contribution in [2.75, 3.05) is 26.2 Å². The lowest BCUT2D eigenvalue weighted by molar-refractivity contribution is 0.200. The zero-order chi connectivity index (χ0) is 19.7. The number of hydrogen-bond donors (Lipinski definition) is 1. The molecule has 2 aliphatic heterocycles. The molecule has 1 fully saturated rings. The molecule has 0 aliphatic carbocycles. The van der Waals surface area contributed by atoms with Crippen molar-refractivity contribution in [1.82, 2.24) is 19.4 Å². The number of nitrogens with one attached hydrogen (secondary N) is 1. The summed E-state index contributed by atoms with van der Waals surface area (Å²) in [4.78, 5) is 26.9. The van der Waals surface area contributed by atoms with Gasteiger partial charge in [0.05, 0.1) is 6.61 Å². The van der Waals surface area contributed by atoms with Crippen LogP contribution in [0.25, 0.3) is 0 Å². The summed E-state index contributed by atoms with van der Waals surface area (Å²) in [5.41, 5.74) is 2.77. The van der Waals surface area contributed by atoms with Crippen molar-refractivity contribution in [3.05, 3.63) is 61.9 Å². The minimum Gasteiger partial charge on any atom is -0.493 e. The summed E-state index contributed by atoms with van der Waals surface area (Å²) in [7, 11) is 3.24. The van der Waals surface area contributed by atoms with Gasteiger partial charge in [0.25, 0.3) is 5.56 Å². The molecule has 0 bridgehead atoms. The number of aryl methyl sites for hydroxylation is 1. The second-order valence-electron chi connectivity index (χ2n) is 7.82. The van der Waals surface area contributed by atoms with Crippen LogP contribution in [0.1, 0.15) is 23.1 Å². The van der Waals surface area contributed by atoms with Crippen molar-refractivity contribution in [2.24, 2.45) is 14.1 Å². The van der Waals surface area contributed by atoms with Crippen LogP contribution < -0.4 is 21.3 Å². The monoisotopic (exact) mass is 384 g/mol. The maximum Gasteiger partial charge on any atom is 0.330 e.